The largest absolute Gasteiger partial charge is 0.432 e. The number of alkyl halides is 3. The molecule has 0 unspecified atom stereocenters. The maximum atomic E-state index is 12.5. The van der Waals surface area contributed by atoms with E-state index in [9.17, 15) is 13.2 Å². The predicted octanol–water partition coefficient (Wildman–Crippen LogP) is 4.37. The molecule has 3 rings (SSSR count). The van der Waals surface area contributed by atoms with E-state index in [2.05, 4.69) is 15.4 Å². The van der Waals surface area contributed by atoms with E-state index in [0.717, 1.165) is 11.5 Å². The zero-order valence-electron chi connectivity index (χ0n) is 10.4. The highest BCUT2D eigenvalue weighted by atomic mass is 35.5. The Morgan fingerprint density at radius 1 is 1.10 bits per heavy atom. The molecule has 3 aromatic rings. The molecule has 0 aliphatic heterocycles. The van der Waals surface area contributed by atoms with Crippen molar-refractivity contribution in [1.82, 2.24) is 15.2 Å². The van der Waals surface area contributed by atoms with Crippen LogP contribution in [0, 0.1) is 0 Å². The van der Waals surface area contributed by atoms with E-state index in [-0.39, 0.29) is 5.82 Å². The zero-order valence-corrected chi connectivity index (χ0v) is 11.1. The molecule has 0 aliphatic rings. The smallest absolute Gasteiger partial charge is 0.323 e. The third kappa shape index (κ3) is 2.78. The molecule has 0 bridgehead atoms. The average molecular weight is 313 g/mol. The number of nitrogens with one attached hydrogen (secondary N) is 2. The molecular formula is C13H8ClF3N4. The fourth-order valence-corrected chi connectivity index (χ4v) is 2.07. The summed E-state index contributed by atoms with van der Waals surface area (Å²) in [6.07, 6.45) is -4.47. The summed E-state index contributed by atoms with van der Waals surface area (Å²) in [5, 5.41) is 9.48. The van der Waals surface area contributed by atoms with E-state index in [4.69, 9.17) is 11.6 Å². The zero-order chi connectivity index (χ0) is 15.0. The van der Waals surface area contributed by atoms with Crippen molar-refractivity contribution in [3.63, 3.8) is 0 Å². The molecule has 2 heterocycles. The molecule has 0 radical (unpaired) electrons. The minimum absolute atomic E-state index is 0.0289. The van der Waals surface area contributed by atoms with Crippen molar-refractivity contribution < 1.29 is 13.2 Å². The highest BCUT2D eigenvalue weighted by Gasteiger charge is 2.33. The van der Waals surface area contributed by atoms with Gasteiger partial charge in [-0.2, -0.15) is 18.3 Å². The second kappa shape index (κ2) is 4.92. The summed E-state index contributed by atoms with van der Waals surface area (Å²) in [5.41, 5.74) is -0.362. The van der Waals surface area contributed by atoms with Crippen LogP contribution in [0.5, 0.6) is 0 Å². The number of para-hydroxylation sites is 1. The third-order valence-electron chi connectivity index (χ3n) is 2.81. The van der Waals surface area contributed by atoms with Crippen LogP contribution in [0.4, 0.5) is 24.8 Å². The van der Waals surface area contributed by atoms with E-state index in [1.54, 1.807) is 24.3 Å². The fraction of sp³-hybridized carbons (Fsp3) is 0.0769. The van der Waals surface area contributed by atoms with Gasteiger partial charge in [0.1, 0.15) is 11.5 Å². The van der Waals surface area contributed by atoms with Gasteiger partial charge in [0.2, 0.25) is 0 Å². The maximum absolute atomic E-state index is 12.5. The van der Waals surface area contributed by atoms with Crippen LogP contribution in [0.1, 0.15) is 5.69 Å². The summed E-state index contributed by atoms with van der Waals surface area (Å²) in [7, 11) is 0. The molecule has 2 N–H and O–H groups in total. The van der Waals surface area contributed by atoms with Crippen molar-refractivity contribution in [3.8, 4) is 0 Å². The summed E-state index contributed by atoms with van der Waals surface area (Å²) < 4.78 is 37.4. The molecule has 21 heavy (non-hydrogen) atoms. The monoisotopic (exact) mass is 312 g/mol. The van der Waals surface area contributed by atoms with Crippen LogP contribution in [-0.2, 0) is 6.18 Å². The van der Waals surface area contributed by atoms with Crippen LogP contribution in [0.3, 0.4) is 0 Å². The van der Waals surface area contributed by atoms with Crippen LogP contribution >= 0.6 is 11.6 Å². The summed E-state index contributed by atoms with van der Waals surface area (Å²) >= 11 is 6.04. The number of aromatic amines is 1. The molecule has 1 aromatic carbocycles. The van der Waals surface area contributed by atoms with Crippen molar-refractivity contribution in [2.75, 3.05) is 5.32 Å². The molecule has 2 aromatic heterocycles. The van der Waals surface area contributed by atoms with Gasteiger partial charge in [-0.25, -0.2) is 4.98 Å². The Morgan fingerprint density at radius 3 is 2.62 bits per heavy atom. The van der Waals surface area contributed by atoms with E-state index < -0.39 is 11.9 Å². The highest BCUT2D eigenvalue weighted by Crippen LogP contribution is 2.30. The Labute approximate surface area is 122 Å². The molecule has 4 nitrogen and oxygen atoms in total. The number of H-pyrrole nitrogens is 1. The number of pyridine rings is 1. The van der Waals surface area contributed by atoms with E-state index in [1.165, 1.54) is 0 Å². The van der Waals surface area contributed by atoms with Crippen LogP contribution in [0.2, 0.25) is 5.02 Å². The first-order chi connectivity index (χ1) is 9.93. The van der Waals surface area contributed by atoms with Gasteiger partial charge >= 0.3 is 6.18 Å². The number of rotatable bonds is 2. The molecule has 0 fully saturated rings. The first-order valence-corrected chi connectivity index (χ1v) is 6.26. The first kappa shape index (κ1) is 13.7. The van der Waals surface area contributed by atoms with Gasteiger partial charge in [-0.1, -0.05) is 23.7 Å². The minimum atomic E-state index is -4.47. The van der Waals surface area contributed by atoms with Gasteiger partial charge in [0.25, 0.3) is 0 Å². The number of aromatic nitrogens is 3. The lowest BCUT2D eigenvalue weighted by Gasteiger charge is -2.05. The van der Waals surface area contributed by atoms with Gasteiger partial charge in [0.15, 0.2) is 5.82 Å². The Morgan fingerprint density at radius 2 is 1.90 bits per heavy atom. The number of hydrogen-bond donors (Lipinski definition) is 2. The summed E-state index contributed by atoms with van der Waals surface area (Å²) in [6, 6.07) is 9.61. The van der Waals surface area contributed by atoms with Crippen molar-refractivity contribution in [2.45, 2.75) is 6.18 Å². The number of nitrogens with zero attached hydrogens (tertiary/aromatic N) is 2. The lowest BCUT2D eigenvalue weighted by molar-refractivity contribution is -0.141. The van der Waals surface area contributed by atoms with Crippen LogP contribution in [-0.4, -0.2) is 15.2 Å². The van der Waals surface area contributed by atoms with Crippen molar-refractivity contribution in [3.05, 3.63) is 47.1 Å². The van der Waals surface area contributed by atoms with Crippen molar-refractivity contribution in [2.24, 2.45) is 0 Å². The Balaban J connectivity index is 1.91. The second-order valence-electron chi connectivity index (χ2n) is 4.30. The summed E-state index contributed by atoms with van der Waals surface area (Å²) in [5.74, 6) is 0.386. The number of benzene rings is 1. The SMILES string of the molecule is FC(F)(F)c1cc(Nc2ccc3cccc(Cl)c3n2)n[nH]1. The molecule has 0 amide bonds. The fourth-order valence-electron chi connectivity index (χ4n) is 1.84. The Kier molecular flexibility index (Phi) is 3.21. The topological polar surface area (TPSA) is 53.6 Å². The average Bonchev–Trinajstić information content (AvgIpc) is 2.88. The van der Waals surface area contributed by atoms with Crippen LogP contribution < -0.4 is 5.32 Å². The number of anilines is 2. The number of hydrogen-bond acceptors (Lipinski definition) is 3. The van der Waals surface area contributed by atoms with Crippen LogP contribution in [0.15, 0.2) is 36.4 Å². The molecule has 0 spiro atoms. The molecular weight excluding hydrogens is 305 g/mol. The molecule has 0 aliphatic carbocycles. The second-order valence-corrected chi connectivity index (χ2v) is 4.70. The van der Waals surface area contributed by atoms with Gasteiger partial charge in [-0.15, -0.1) is 0 Å². The number of halogens is 4. The summed E-state index contributed by atoms with van der Waals surface area (Å²) in [4.78, 5) is 4.26. The van der Waals surface area contributed by atoms with Crippen molar-refractivity contribution in [1.29, 1.82) is 0 Å². The molecule has 108 valence electrons. The minimum Gasteiger partial charge on any atom is -0.323 e. The highest BCUT2D eigenvalue weighted by molar-refractivity contribution is 6.35. The molecule has 8 heteroatoms. The first-order valence-electron chi connectivity index (χ1n) is 5.88. The normalized spacial score (nSPS) is 11.8. The Hall–Kier alpha value is -2.28. The standard InChI is InChI=1S/C13H8ClF3N4/c14-8-3-1-2-7-4-5-10(19-12(7)8)18-11-6-9(20-21-11)13(15,16)17/h1-6H,(H2,18,19,20,21). The quantitative estimate of drug-likeness (QED) is 0.738. The molecule has 0 saturated carbocycles. The molecule has 0 saturated heterocycles. The van der Waals surface area contributed by atoms with E-state index in [0.29, 0.717) is 16.4 Å². The lowest BCUT2D eigenvalue weighted by atomic mass is 10.2. The van der Waals surface area contributed by atoms with Gasteiger partial charge < -0.3 is 5.32 Å². The number of fused-ring (bicyclic) bond motifs is 1. The predicted molar refractivity (Wildman–Crippen MR) is 73.6 cm³/mol. The van der Waals surface area contributed by atoms with Gasteiger partial charge in [0, 0.05) is 11.5 Å². The van der Waals surface area contributed by atoms with Crippen LogP contribution in [0.25, 0.3) is 10.9 Å². The van der Waals surface area contributed by atoms with E-state index >= 15 is 0 Å². The van der Waals surface area contributed by atoms with Gasteiger partial charge in [0.05, 0.1) is 10.5 Å². The maximum Gasteiger partial charge on any atom is 0.432 e. The van der Waals surface area contributed by atoms with Crippen molar-refractivity contribution >= 4 is 34.1 Å². The summed E-state index contributed by atoms with van der Waals surface area (Å²) in [6.45, 7) is 0. The molecule has 0 atom stereocenters. The Bertz CT molecular complexity index is 797. The van der Waals surface area contributed by atoms with Gasteiger partial charge in [-0.05, 0) is 18.2 Å². The third-order valence-corrected chi connectivity index (χ3v) is 3.12. The van der Waals surface area contributed by atoms with Gasteiger partial charge in [-0.3, -0.25) is 5.10 Å². The lowest BCUT2D eigenvalue weighted by Crippen LogP contribution is -2.04. The van der Waals surface area contributed by atoms with E-state index in [1.807, 2.05) is 11.2 Å².